The quantitative estimate of drug-likeness (QED) is 0.444. The molecule has 0 saturated heterocycles. The summed E-state index contributed by atoms with van der Waals surface area (Å²) in [6, 6.07) is 6.56. The number of rotatable bonds is 9. The minimum Gasteiger partial charge on any atom is -0.365 e. The first-order valence-electron chi connectivity index (χ1n) is 11.0. The Kier molecular flexibility index (Phi) is 10.2. The molecule has 0 atom stereocenters. The van der Waals surface area contributed by atoms with Crippen LogP contribution in [0.15, 0.2) is 65.5 Å². The van der Waals surface area contributed by atoms with E-state index in [1.54, 1.807) is 25.5 Å². The van der Waals surface area contributed by atoms with Crippen LogP contribution in [-0.2, 0) is 0 Å². The first-order chi connectivity index (χ1) is 15.5. The van der Waals surface area contributed by atoms with Gasteiger partial charge in [-0.3, -0.25) is 4.99 Å². The molecule has 0 radical (unpaired) electrons. The van der Waals surface area contributed by atoms with E-state index >= 15 is 0 Å². The number of aromatic nitrogens is 2. The molecule has 0 spiro atoms. The Bertz CT molecular complexity index is 1120. The minimum atomic E-state index is -0.246. The summed E-state index contributed by atoms with van der Waals surface area (Å²) in [5.41, 5.74) is 4.09. The molecule has 0 aliphatic heterocycles. The van der Waals surface area contributed by atoms with Gasteiger partial charge in [-0.1, -0.05) is 50.3 Å². The van der Waals surface area contributed by atoms with Crippen molar-refractivity contribution in [3.63, 3.8) is 0 Å². The molecule has 5 heteroatoms. The van der Waals surface area contributed by atoms with Gasteiger partial charge in [-0.25, -0.2) is 14.4 Å². The normalized spacial score (nSPS) is 14.5. The van der Waals surface area contributed by atoms with Crippen LogP contribution in [0.25, 0.3) is 17.7 Å². The molecule has 0 saturated carbocycles. The van der Waals surface area contributed by atoms with Crippen molar-refractivity contribution in [1.29, 1.82) is 0 Å². The Hall–Kier alpha value is -3.34. The first kappa shape index (κ1) is 24.9. The van der Waals surface area contributed by atoms with Crippen LogP contribution in [0.4, 0.5) is 10.2 Å². The molecule has 0 amide bonds. The van der Waals surface area contributed by atoms with Crippen molar-refractivity contribution in [2.75, 3.05) is 18.9 Å². The number of nitrogens with one attached hydrogen (secondary N) is 1. The second-order valence-corrected chi connectivity index (χ2v) is 7.27. The van der Waals surface area contributed by atoms with Crippen molar-refractivity contribution < 1.29 is 4.39 Å². The molecular weight excluding hydrogens is 399 g/mol. The van der Waals surface area contributed by atoms with Crippen molar-refractivity contribution >= 4 is 29.3 Å². The van der Waals surface area contributed by atoms with Crippen LogP contribution in [0.3, 0.4) is 0 Å². The molecule has 0 fully saturated rings. The van der Waals surface area contributed by atoms with Gasteiger partial charge in [-0.15, -0.1) is 0 Å². The summed E-state index contributed by atoms with van der Waals surface area (Å²) in [7, 11) is 1.79. The molecule has 1 N–H and O–H groups in total. The molecule has 0 unspecified atom stereocenters. The summed E-state index contributed by atoms with van der Waals surface area (Å²) < 4.78 is 13.4. The van der Waals surface area contributed by atoms with Gasteiger partial charge in [0.2, 0.25) is 0 Å². The van der Waals surface area contributed by atoms with E-state index in [9.17, 15) is 4.39 Å². The van der Waals surface area contributed by atoms with Crippen molar-refractivity contribution in [3.8, 4) is 0 Å². The molecule has 1 aromatic heterocycles. The van der Waals surface area contributed by atoms with E-state index in [1.165, 1.54) is 12.1 Å². The maximum atomic E-state index is 13.4. The Morgan fingerprint density at radius 2 is 1.78 bits per heavy atom. The van der Waals surface area contributed by atoms with Crippen LogP contribution in [0.2, 0.25) is 0 Å². The lowest BCUT2D eigenvalue weighted by Crippen LogP contribution is -2.32. The number of hydrogen-bond donors (Lipinski definition) is 1. The Morgan fingerprint density at radius 1 is 1.06 bits per heavy atom. The van der Waals surface area contributed by atoms with Crippen LogP contribution < -0.4 is 15.9 Å². The zero-order valence-electron chi connectivity index (χ0n) is 19.7. The average Bonchev–Trinajstić information content (AvgIpc) is 2.81. The lowest BCUT2D eigenvalue weighted by atomic mass is 10.0. The van der Waals surface area contributed by atoms with Crippen molar-refractivity contribution in [2.45, 2.75) is 40.5 Å². The molecule has 168 valence electrons. The summed E-state index contributed by atoms with van der Waals surface area (Å²) in [4.78, 5) is 13.1. The maximum Gasteiger partial charge on any atom is 0.137 e. The third-order valence-electron chi connectivity index (χ3n) is 4.91. The van der Waals surface area contributed by atoms with Gasteiger partial charge in [-0.05, 0) is 67.7 Å². The number of anilines is 1. The molecule has 0 aliphatic rings. The standard InChI is InChI=1S/C27H33FN4/c1-6-9-21(12-11-20(4)29-5)18-30-27-25(26(8-3)31-19-32-27)17-23(10-7-2)22-13-15-24(28)16-14-22/h8-17,19H,6-7,18H2,1-5H3,(H,30,31,32)/b12-11-,21-9-,23-10-,25-17+,26-8+,29-20?. The molecule has 2 rings (SSSR count). The summed E-state index contributed by atoms with van der Waals surface area (Å²) in [6.07, 6.45) is 15.8. The van der Waals surface area contributed by atoms with Gasteiger partial charge >= 0.3 is 0 Å². The number of benzene rings is 1. The molecule has 32 heavy (non-hydrogen) atoms. The molecule has 1 aromatic carbocycles. The summed E-state index contributed by atoms with van der Waals surface area (Å²) in [5, 5.41) is 5.23. The number of allylic oxidation sites excluding steroid dienone is 4. The molecule has 2 aromatic rings. The Morgan fingerprint density at radius 3 is 2.41 bits per heavy atom. The van der Waals surface area contributed by atoms with Gasteiger partial charge < -0.3 is 5.32 Å². The van der Waals surface area contributed by atoms with E-state index < -0.39 is 0 Å². The summed E-state index contributed by atoms with van der Waals surface area (Å²) >= 11 is 0. The predicted molar refractivity (Wildman–Crippen MR) is 136 cm³/mol. The van der Waals surface area contributed by atoms with E-state index in [1.807, 2.05) is 26.0 Å². The van der Waals surface area contributed by atoms with E-state index in [0.717, 1.165) is 51.6 Å². The number of aliphatic imine (C=N–C) groups is 1. The van der Waals surface area contributed by atoms with Crippen LogP contribution in [0, 0.1) is 5.82 Å². The third kappa shape index (κ3) is 7.41. The maximum absolute atomic E-state index is 13.4. The van der Waals surface area contributed by atoms with Crippen molar-refractivity contribution in [3.05, 3.63) is 82.4 Å². The highest BCUT2D eigenvalue weighted by Crippen LogP contribution is 2.17. The molecule has 0 bridgehead atoms. The highest BCUT2D eigenvalue weighted by atomic mass is 19.1. The fourth-order valence-corrected chi connectivity index (χ4v) is 3.15. The second kappa shape index (κ2) is 13.2. The van der Waals surface area contributed by atoms with Gasteiger partial charge in [0.05, 0.1) is 5.35 Å². The van der Waals surface area contributed by atoms with Gasteiger partial charge in [0.15, 0.2) is 0 Å². The highest BCUT2D eigenvalue weighted by Gasteiger charge is 2.04. The lowest BCUT2D eigenvalue weighted by molar-refractivity contribution is 0.627. The monoisotopic (exact) mass is 432 g/mol. The molecule has 4 nitrogen and oxygen atoms in total. The molecule has 0 aliphatic carbocycles. The zero-order chi connectivity index (χ0) is 23.3. The van der Waals surface area contributed by atoms with Crippen LogP contribution >= 0.6 is 0 Å². The highest BCUT2D eigenvalue weighted by molar-refractivity contribution is 5.93. The number of halogens is 1. The Labute approximate surface area is 190 Å². The molecular formula is C27H33FN4. The summed E-state index contributed by atoms with van der Waals surface area (Å²) in [6.45, 7) is 8.77. The number of hydrogen-bond acceptors (Lipinski definition) is 4. The number of nitrogens with zero attached hydrogens (tertiary/aromatic N) is 3. The topological polar surface area (TPSA) is 50.2 Å². The van der Waals surface area contributed by atoms with Gasteiger partial charge in [0.25, 0.3) is 0 Å². The fourth-order valence-electron chi connectivity index (χ4n) is 3.15. The van der Waals surface area contributed by atoms with E-state index in [-0.39, 0.29) is 5.82 Å². The van der Waals surface area contributed by atoms with E-state index in [0.29, 0.717) is 6.54 Å². The zero-order valence-corrected chi connectivity index (χ0v) is 19.7. The predicted octanol–water partition coefficient (Wildman–Crippen LogP) is 5.09. The lowest BCUT2D eigenvalue weighted by Gasteiger charge is -2.09. The SMILES string of the molecule is C/C=c1/ncnc(NCC(/C=C\C(C)=NC)=C\CC)/c1=C/C(=C/CC)c1ccc(F)cc1. The molecule has 1 heterocycles. The minimum absolute atomic E-state index is 0.246. The van der Waals surface area contributed by atoms with Crippen molar-refractivity contribution in [2.24, 2.45) is 4.99 Å². The summed E-state index contributed by atoms with van der Waals surface area (Å²) in [5.74, 6) is 0.512. The largest absolute Gasteiger partial charge is 0.365 e. The van der Waals surface area contributed by atoms with E-state index in [4.69, 9.17) is 0 Å². The third-order valence-corrected chi connectivity index (χ3v) is 4.91. The van der Waals surface area contributed by atoms with Crippen LogP contribution in [0.5, 0.6) is 0 Å². The van der Waals surface area contributed by atoms with Gasteiger partial charge in [0, 0.05) is 24.5 Å². The van der Waals surface area contributed by atoms with Crippen LogP contribution in [0.1, 0.15) is 46.1 Å². The Balaban J connectivity index is 2.48. The van der Waals surface area contributed by atoms with Crippen molar-refractivity contribution in [1.82, 2.24) is 9.97 Å². The average molecular weight is 433 g/mol. The second-order valence-electron chi connectivity index (χ2n) is 7.27. The smallest absolute Gasteiger partial charge is 0.137 e. The van der Waals surface area contributed by atoms with Gasteiger partial charge in [-0.2, -0.15) is 0 Å². The van der Waals surface area contributed by atoms with Crippen LogP contribution in [-0.4, -0.2) is 29.3 Å². The van der Waals surface area contributed by atoms with E-state index in [2.05, 4.69) is 58.4 Å². The van der Waals surface area contributed by atoms with Gasteiger partial charge in [0.1, 0.15) is 18.0 Å². The first-order valence-corrected chi connectivity index (χ1v) is 11.0. The fraction of sp³-hybridized carbons (Fsp3) is 0.296.